The average Bonchev–Trinajstić information content (AvgIpc) is 3.27. The maximum Gasteiger partial charge on any atom is 0.246 e. The van der Waals surface area contributed by atoms with Gasteiger partial charge < -0.3 is 0 Å². The van der Waals surface area contributed by atoms with Gasteiger partial charge in [-0.3, -0.25) is 0 Å². The van der Waals surface area contributed by atoms with Crippen LogP contribution >= 0.6 is 0 Å². The third-order valence-corrected chi connectivity index (χ3v) is 9.81. The summed E-state index contributed by atoms with van der Waals surface area (Å²) in [5.74, 6) is 0. The molecule has 0 saturated carbocycles. The molecule has 0 radical (unpaired) electrons. The Bertz CT molecular complexity index is 2740. The van der Waals surface area contributed by atoms with E-state index in [0.29, 0.717) is 0 Å². The zero-order valence-corrected chi connectivity index (χ0v) is 32.1. The van der Waals surface area contributed by atoms with Crippen molar-refractivity contribution in [3.63, 3.8) is 0 Å². The lowest BCUT2D eigenvalue weighted by molar-refractivity contribution is -0.535. The molecule has 10 aromatic rings. The molecule has 0 amide bonds. The summed E-state index contributed by atoms with van der Waals surface area (Å²) in [4.78, 5) is 5.46. The maximum atomic E-state index is 5.46. The van der Waals surface area contributed by atoms with Gasteiger partial charge in [-0.1, -0.05) is 187 Å². The second-order valence-corrected chi connectivity index (χ2v) is 12.5. The Morgan fingerprint density at radius 2 is 0.852 bits per heavy atom. The second-order valence-electron chi connectivity index (χ2n) is 12.5. The molecule has 10 rings (SSSR count). The van der Waals surface area contributed by atoms with Crippen molar-refractivity contribution in [1.29, 1.82) is 0 Å². The van der Waals surface area contributed by atoms with Gasteiger partial charge in [0.05, 0.1) is 16.5 Å². The SMILES string of the molecule is CC.CC.CC.c1ccc(-c2cc(-c3ccccc3)c(-[n+]3c4ccccc4nc4c5cccc6ccc7cccc(c7c65)c43)c(-c3ccccc3)c2)cc1. The molecule has 9 aromatic carbocycles. The predicted molar refractivity (Wildman–Crippen MR) is 235 cm³/mol. The number of para-hydroxylation sites is 2. The Morgan fingerprint density at radius 1 is 0.389 bits per heavy atom. The molecule has 264 valence electrons. The quantitative estimate of drug-likeness (QED) is 0.101. The Morgan fingerprint density at radius 3 is 1.41 bits per heavy atom. The van der Waals surface area contributed by atoms with E-state index in [0.717, 1.165) is 27.8 Å². The van der Waals surface area contributed by atoms with Crippen LogP contribution in [0.15, 0.2) is 176 Å². The first-order valence-corrected chi connectivity index (χ1v) is 19.5. The van der Waals surface area contributed by atoms with E-state index in [4.69, 9.17) is 4.98 Å². The maximum absolute atomic E-state index is 5.46. The number of rotatable bonds is 4. The summed E-state index contributed by atoms with van der Waals surface area (Å²) < 4.78 is 2.51. The molecule has 1 heterocycles. The summed E-state index contributed by atoms with van der Waals surface area (Å²) >= 11 is 0. The Kier molecular flexibility index (Phi) is 10.7. The van der Waals surface area contributed by atoms with Gasteiger partial charge in [-0.05, 0) is 57.3 Å². The highest BCUT2D eigenvalue weighted by Crippen LogP contribution is 2.43. The van der Waals surface area contributed by atoms with Crippen LogP contribution in [0.4, 0.5) is 0 Å². The number of benzene rings is 9. The van der Waals surface area contributed by atoms with Crippen LogP contribution < -0.4 is 4.57 Å². The molecule has 0 N–H and O–H groups in total. The van der Waals surface area contributed by atoms with E-state index in [9.17, 15) is 0 Å². The molecular weight excluding hydrogens is 653 g/mol. The fraction of sp³-hybridized carbons (Fsp3) is 0.115. The number of nitrogens with zero attached hydrogens (tertiary/aromatic N) is 2. The Balaban J connectivity index is 0.000000717. The summed E-state index contributed by atoms with van der Waals surface area (Å²) in [6.07, 6.45) is 0. The third-order valence-electron chi connectivity index (χ3n) is 9.81. The van der Waals surface area contributed by atoms with Crippen LogP contribution in [-0.2, 0) is 0 Å². The zero-order chi connectivity index (χ0) is 37.6. The Labute approximate surface area is 319 Å². The van der Waals surface area contributed by atoms with Gasteiger partial charge in [0.1, 0.15) is 11.0 Å². The van der Waals surface area contributed by atoms with Gasteiger partial charge in [-0.15, -0.1) is 4.57 Å². The van der Waals surface area contributed by atoms with Crippen LogP contribution in [0, 0.1) is 0 Å². The molecule has 0 aliphatic heterocycles. The number of hydrogen-bond donors (Lipinski definition) is 0. The predicted octanol–water partition coefficient (Wildman–Crippen LogP) is 14.6. The largest absolute Gasteiger partial charge is 0.246 e. The van der Waals surface area contributed by atoms with E-state index in [1.165, 1.54) is 65.7 Å². The van der Waals surface area contributed by atoms with Gasteiger partial charge in [-0.2, -0.15) is 0 Å². The van der Waals surface area contributed by atoms with Gasteiger partial charge >= 0.3 is 0 Å². The lowest BCUT2D eigenvalue weighted by Gasteiger charge is -2.18. The first kappa shape index (κ1) is 36.0. The van der Waals surface area contributed by atoms with Gasteiger partial charge in [0, 0.05) is 22.2 Å². The first-order chi connectivity index (χ1) is 26.8. The van der Waals surface area contributed by atoms with Crippen molar-refractivity contribution < 1.29 is 4.57 Å². The van der Waals surface area contributed by atoms with Crippen molar-refractivity contribution in [1.82, 2.24) is 4.98 Å². The van der Waals surface area contributed by atoms with Crippen molar-refractivity contribution >= 4 is 54.4 Å². The molecule has 0 saturated heterocycles. The fourth-order valence-electron chi connectivity index (χ4n) is 7.71. The first-order valence-electron chi connectivity index (χ1n) is 19.5. The normalized spacial score (nSPS) is 10.8. The molecule has 0 fully saturated rings. The molecule has 1 aromatic heterocycles. The summed E-state index contributed by atoms with van der Waals surface area (Å²) in [5, 5.41) is 7.42. The van der Waals surface area contributed by atoms with Gasteiger partial charge in [-0.25, -0.2) is 4.98 Å². The third kappa shape index (κ3) is 6.14. The van der Waals surface area contributed by atoms with Crippen LogP contribution in [0.3, 0.4) is 0 Å². The van der Waals surface area contributed by atoms with E-state index < -0.39 is 0 Å². The van der Waals surface area contributed by atoms with Crippen LogP contribution in [0.5, 0.6) is 0 Å². The van der Waals surface area contributed by atoms with E-state index >= 15 is 0 Å². The van der Waals surface area contributed by atoms with E-state index in [1.807, 2.05) is 41.5 Å². The number of aromatic nitrogens is 2. The molecule has 0 aliphatic carbocycles. The fourth-order valence-corrected chi connectivity index (χ4v) is 7.71. The summed E-state index contributed by atoms with van der Waals surface area (Å²) in [5.41, 5.74) is 12.4. The smallest absolute Gasteiger partial charge is 0.234 e. The van der Waals surface area contributed by atoms with E-state index in [1.54, 1.807) is 0 Å². The lowest BCUT2D eigenvalue weighted by atomic mass is 9.89. The van der Waals surface area contributed by atoms with Gasteiger partial charge in [0.15, 0.2) is 0 Å². The molecule has 0 spiro atoms. The molecular formula is C52H47N2+. The monoisotopic (exact) mass is 699 g/mol. The molecule has 2 heteroatoms. The minimum atomic E-state index is 0.963. The van der Waals surface area contributed by atoms with Crippen molar-refractivity contribution in [3.8, 4) is 39.1 Å². The van der Waals surface area contributed by atoms with E-state index in [2.05, 4.69) is 180 Å². The van der Waals surface area contributed by atoms with Crippen molar-refractivity contribution in [2.75, 3.05) is 0 Å². The minimum absolute atomic E-state index is 0.963. The second kappa shape index (κ2) is 16.1. The van der Waals surface area contributed by atoms with Gasteiger partial charge in [0.25, 0.3) is 0 Å². The highest BCUT2D eigenvalue weighted by Gasteiger charge is 2.31. The topological polar surface area (TPSA) is 16.8 Å². The zero-order valence-electron chi connectivity index (χ0n) is 32.1. The molecule has 54 heavy (non-hydrogen) atoms. The lowest BCUT2D eigenvalue weighted by Crippen LogP contribution is -2.35. The standard InChI is InChI=1S/C46H29N2.3C2H6/c1-4-14-30(15-5-1)35-28-38(31-16-6-2-7-17-31)45(39(29-35)32-18-8-3-9-19-32)48-41-25-11-10-24-40(41)47-44-36-22-12-20-33-26-27-34-21-13-23-37(46(44)48)43(34)42(33)36;3*1-2/h1-29H;3*1-2H3/q+1;;;. The van der Waals surface area contributed by atoms with Crippen molar-refractivity contribution in [3.05, 3.63) is 176 Å². The Hall–Kier alpha value is -6.38. The molecule has 0 atom stereocenters. The number of hydrogen-bond acceptors (Lipinski definition) is 1. The summed E-state index contributed by atoms with van der Waals surface area (Å²) in [6.45, 7) is 12.0. The van der Waals surface area contributed by atoms with Crippen molar-refractivity contribution in [2.45, 2.75) is 41.5 Å². The number of fused-ring (bicyclic) bond motifs is 4. The van der Waals surface area contributed by atoms with E-state index in [-0.39, 0.29) is 0 Å². The molecule has 2 nitrogen and oxygen atoms in total. The highest BCUT2D eigenvalue weighted by molar-refractivity contribution is 6.32. The molecule has 0 aliphatic rings. The molecule has 0 bridgehead atoms. The molecule has 0 unspecified atom stereocenters. The summed E-state index contributed by atoms with van der Waals surface area (Å²) in [7, 11) is 0. The van der Waals surface area contributed by atoms with Crippen LogP contribution in [-0.4, -0.2) is 4.98 Å². The van der Waals surface area contributed by atoms with Crippen LogP contribution in [0.1, 0.15) is 41.5 Å². The van der Waals surface area contributed by atoms with Gasteiger partial charge in [0.2, 0.25) is 16.7 Å². The van der Waals surface area contributed by atoms with Crippen LogP contribution in [0.2, 0.25) is 0 Å². The highest BCUT2D eigenvalue weighted by atomic mass is 15.0. The van der Waals surface area contributed by atoms with Crippen LogP contribution in [0.25, 0.3) is 93.5 Å². The summed E-state index contributed by atoms with van der Waals surface area (Å²) in [6, 6.07) is 63.6. The minimum Gasteiger partial charge on any atom is -0.234 e. The van der Waals surface area contributed by atoms with Crippen molar-refractivity contribution in [2.24, 2.45) is 0 Å². The average molecular weight is 700 g/mol.